The molecule has 0 amide bonds. The van der Waals surface area contributed by atoms with Gasteiger partial charge in [0.15, 0.2) is 0 Å². The highest BCUT2D eigenvalue weighted by atomic mass is 32.2. The summed E-state index contributed by atoms with van der Waals surface area (Å²) in [6, 6.07) is 6.89. The molecule has 1 heterocycles. The van der Waals surface area contributed by atoms with Gasteiger partial charge < -0.3 is 9.64 Å². The van der Waals surface area contributed by atoms with Crippen LogP contribution in [0, 0.1) is 6.92 Å². The second-order valence-corrected chi connectivity index (χ2v) is 6.59. The summed E-state index contributed by atoms with van der Waals surface area (Å²) in [5.74, 6) is 0. The molecule has 0 aromatic heterocycles. The Kier molecular flexibility index (Phi) is 4.93. The Morgan fingerprint density at radius 2 is 1.84 bits per heavy atom. The molecule has 0 atom stereocenters. The monoisotopic (exact) mass is 285 g/mol. The van der Waals surface area contributed by atoms with Crippen molar-refractivity contribution in [3.8, 4) is 0 Å². The molecule has 1 aromatic carbocycles. The number of morpholine rings is 1. The molecule has 0 bridgehead atoms. The minimum absolute atomic E-state index is 0.329. The van der Waals surface area contributed by atoms with Crippen LogP contribution in [-0.4, -0.2) is 47.8 Å². The molecule has 6 heteroatoms. The lowest BCUT2D eigenvalue weighted by Gasteiger charge is -2.23. The number of benzene rings is 1. The standard InChI is InChI=1S/C13H20N2O3S/c1-12-2-4-13(5-3-12)19(16,17)14-6-7-15-8-10-18-11-9-15/h2-5,14H,6-11H2,1H3/p+1. The molecule has 106 valence electrons. The first-order valence-corrected chi connectivity index (χ1v) is 8.04. The van der Waals surface area contributed by atoms with Gasteiger partial charge in [-0.2, -0.15) is 0 Å². The third kappa shape index (κ3) is 4.28. The molecule has 19 heavy (non-hydrogen) atoms. The summed E-state index contributed by atoms with van der Waals surface area (Å²) < 4.78 is 32.0. The largest absolute Gasteiger partial charge is 0.370 e. The van der Waals surface area contributed by atoms with E-state index in [1.807, 2.05) is 19.1 Å². The molecule has 1 saturated heterocycles. The van der Waals surface area contributed by atoms with Crippen LogP contribution in [0.5, 0.6) is 0 Å². The lowest BCUT2D eigenvalue weighted by atomic mass is 10.2. The van der Waals surface area contributed by atoms with Gasteiger partial charge in [0.2, 0.25) is 10.0 Å². The average Bonchev–Trinajstić information content (AvgIpc) is 2.40. The number of ether oxygens (including phenoxy) is 1. The van der Waals surface area contributed by atoms with Crippen molar-refractivity contribution in [2.24, 2.45) is 0 Å². The van der Waals surface area contributed by atoms with E-state index in [0.717, 1.165) is 38.4 Å². The Morgan fingerprint density at radius 3 is 2.47 bits per heavy atom. The predicted octanol–water partition coefficient (Wildman–Crippen LogP) is -0.812. The molecule has 0 unspecified atom stereocenters. The van der Waals surface area contributed by atoms with Crippen molar-refractivity contribution in [2.45, 2.75) is 11.8 Å². The second-order valence-electron chi connectivity index (χ2n) is 4.82. The number of nitrogens with one attached hydrogen (secondary N) is 2. The van der Waals surface area contributed by atoms with Crippen LogP contribution in [0.1, 0.15) is 5.56 Å². The number of hydrogen-bond acceptors (Lipinski definition) is 3. The maximum Gasteiger partial charge on any atom is 0.240 e. The third-order valence-corrected chi connectivity index (χ3v) is 4.78. The highest BCUT2D eigenvalue weighted by Crippen LogP contribution is 2.09. The van der Waals surface area contributed by atoms with Gasteiger partial charge in [0.25, 0.3) is 0 Å². The minimum Gasteiger partial charge on any atom is -0.370 e. The van der Waals surface area contributed by atoms with E-state index >= 15 is 0 Å². The molecule has 2 N–H and O–H groups in total. The molecular formula is C13H21N2O3S+. The molecule has 0 radical (unpaired) electrons. The van der Waals surface area contributed by atoms with Crippen molar-refractivity contribution in [2.75, 3.05) is 39.4 Å². The molecule has 1 aliphatic heterocycles. The second kappa shape index (κ2) is 6.47. The summed E-state index contributed by atoms with van der Waals surface area (Å²) in [5, 5.41) is 0. The Bertz CT molecular complexity index is 493. The molecule has 0 aliphatic carbocycles. The lowest BCUT2D eigenvalue weighted by molar-refractivity contribution is -0.906. The smallest absolute Gasteiger partial charge is 0.240 e. The van der Waals surface area contributed by atoms with E-state index in [-0.39, 0.29) is 0 Å². The Hall–Kier alpha value is -0.950. The molecule has 1 fully saturated rings. The van der Waals surface area contributed by atoms with Crippen molar-refractivity contribution in [1.29, 1.82) is 0 Å². The van der Waals surface area contributed by atoms with Crippen molar-refractivity contribution >= 4 is 10.0 Å². The average molecular weight is 285 g/mol. The van der Waals surface area contributed by atoms with E-state index < -0.39 is 10.0 Å². The van der Waals surface area contributed by atoms with Gasteiger partial charge in [-0.1, -0.05) is 17.7 Å². The Balaban J connectivity index is 1.85. The Morgan fingerprint density at radius 1 is 1.21 bits per heavy atom. The van der Waals surface area contributed by atoms with E-state index in [1.165, 1.54) is 4.90 Å². The van der Waals surface area contributed by atoms with Gasteiger partial charge in [-0.25, -0.2) is 13.1 Å². The van der Waals surface area contributed by atoms with E-state index in [2.05, 4.69) is 4.72 Å². The first-order valence-electron chi connectivity index (χ1n) is 6.55. The molecule has 5 nitrogen and oxygen atoms in total. The molecule has 1 aromatic rings. The van der Waals surface area contributed by atoms with Crippen molar-refractivity contribution < 1.29 is 18.1 Å². The Labute approximate surface area is 114 Å². The third-order valence-electron chi connectivity index (χ3n) is 3.30. The van der Waals surface area contributed by atoms with E-state index in [4.69, 9.17) is 4.74 Å². The molecular weight excluding hydrogens is 264 g/mol. The van der Waals surface area contributed by atoms with Gasteiger partial charge in [0.1, 0.15) is 13.1 Å². The van der Waals surface area contributed by atoms with Crippen molar-refractivity contribution in [1.82, 2.24) is 4.72 Å². The fraction of sp³-hybridized carbons (Fsp3) is 0.538. The fourth-order valence-corrected chi connectivity index (χ4v) is 3.10. The number of rotatable bonds is 5. The zero-order valence-corrected chi connectivity index (χ0v) is 12.0. The minimum atomic E-state index is -3.37. The molecule has 0 saturated carbocycles. The number of aryl methyl sites for hydroxylation is 1. The summed E-state index contributed by atoms with van der Waals surface area (Å²) >= 11 is 0. The van der Waals surface area contributed by atoms with Crippen LogP contribution in [0.4, 0.5) is 0 Å². The molecule has 1 aliphatic rings. The summed E-state index contributed by atoms with van der Waals surface area (Å²) in [6.07, 6.45) is 0. The van der Waals surface area contributed by atoms with E-state index in [0.29, 0.717) is 11.4 Å². The molecule has 0 spiro atoms. The van der Waals surface area contributed by atoms with Crippen LogP contribution >= 0.6 is 0 Å². The quantitative estimate of drug-likeness (QED) is 0.744. The van der Waals surface area contributed by atoms with Gasteiger partial charge >= 0.3 is 0 Å². The van der Waals surface area contributed by atoms with E-state index in [9.17, 15) is 8.42 Å². The maximum absolute atomic E-state index is 12.0. The number of sulfonamides is 1. The van der Waals surface area contributed by atoms with Crippen molar-refractivity contribution in [3.63, 3.8) is 0 Å². The van der Waals surface area contributed by atoms with Crippen LogP contribution in [0.3, 0.4) is 0 Å². The summed E-state index contributed by atoms with van der Waals surface area (Å²) in [4.78, 5) is 1.72. The van der Waals surface area contributed by atoms with Gasteiger partial charge in [0, 0.05) is 0 Å². The first kappa shape index (κ1) is 14.5. The predicted molar refractivity (Wildman–Crippen MR) is 72.8 cm³/mol. The molecule has 2 rings (SSSR count). The van der Waals surface area contributed by atoms with Gasteiger partial charge in [-0.05, 0) is 19.1 Å². The summed E-state index contributed by atoms with van der Waals surface area (Å²) in [7, 11) is -3.37. The summed E-state index contributed by atoms with van der Waals surface area (Å²) in [5.41, 5.74) is 1.05. The first-order chi connectivity index (χ1) is 9.08. The topological polar surface area (TPSA) is 59.8 Å². The number of hydrogen-bond donors (Lipinski definition) is 2. The van der Waals surface area contributed by atoms with Crippen LogP contribution in [0.15, 0.2) is 29.2 Å². The fourth-order valence-electron chi connectivity index (χ4n) is 2.07. The van der Waals surface area contributed by atoms with Crippen molar-refractivity contribution in [3.05, 3.63) is 29.8 Å². The number of quaternary nitrogens is 1. The zero-order chi connectivity index (χ0) is 13.7. The maximum atomic E-state index is 12.0. The van der Waals surface area contributed by atoms with E-state index in [1.54, 1.807) is 12.1 Å². The summed E-state index contributed by atoms with van der Waals surface area (Å²) in [6.45, 7) is 6.63. The highest BCUT2D eigenvalue weighted by molar-refractivity contribution is 7.89. The highest BCUT2D eigenvalue weighted by Gasteiger charge is 2.16. The van der Waals surface area contributed by atoms with Crippen LogP contribution in [0.25, 0.3) is 0 Å². The lowest BCUT2D eigenvalue weighted by Crippen LogP contribution is -3.14. The zero-order valence-electron chi connectivity index (χ0n) is 11.2. The van der Waals surface area contributed by atoms with Gasteiger partial charge in [0.05, 0.1) is 31.2 Å². The van der Waals surface area contributed by atoms with Gasteiger partial charge in [-0.3, -0.25) is 0 Å². The van der Waals surface area contributed by atoms with Crippen LogP contribution in [0.2, 0.25) is 0 Å². The normalized spacial score (nSPS) is 17.5. The van der Waals surface area contributed by atoms with Gasteiger partial charge in [-0.15, -0.1) is 0 Å². The van der Waals surface area contributed by atoms with Crippen LogP contribution in [-0.2, 0) is 14.8 Å². The van der Waals surface area contributed by atoms with Crippen LogP contribution < -0.4 is 9.62 Å². The SMILES string of the molecule is Cc1ccc(S(=O)(=O)NCC[NH+]2CCOCC2)cc1.